The van der Waals surface area contributed by atoms with Crippen molar-refractivity contribution in [2.24, 2.45) is 0 Å². The number of benzene rings is 3. The van der Waals surface area contributed by atoms with E-state index in [0.717, 1.165) is 37.3 Å². The van der Waals surface area contributed by atoms with Gasteiger partial charge in [0.1, 0.15) is 23.5 Å². The number of hydrogen-bond donors (Lipinski definition) is 2. The molecule has 0 aliphatic carbocycles. The second kappa shape index (κ2) is 12.3. The number of nitrogens with zero attached hydrogens (tertiary/aromatic N) is 3. The number of fused-ring (bicyclic) bond motifs is 2. The number of rotatable bonds is 8. The van der Waals surface area contributed by atoms with Crippen LogP contribution in [0, 0.1) is 0 Å². The number of ether oxygens (including phenoxy) is 1. The van der Waals surface area contributed by atoms with Gasteiger partial charge in [-0.1, -0.05) is 48.3 Å². The largest absolute Gasteiger partial charge is 0.480 e. The molecule has 2 aliphatic heterocycles. The van der Waals surface area contributed by atoms with Crippen LogP contribution in [0.15, 0.2) is 60.7 Å². The molecule has 0 radical (unpaired) electrons. The number of piperidine rings is 1. The zero-order valence-electron chi connectivity index (χ0n) is 23.6. The normalized spacial score (nSPS) is 18.3. The number of halogens is 3. The third-order valence-electron chi connectivity index (χ3n) is 8.45. The summed E-state index contributed by atoms with van der Waals surface area (Å²) in [5.74, 6) is 0.188. The van der Waals surface area contributed by atoms with Crippen LogP contribution in [0.3, 0.4) is 0 Å². The minimum Gasteiger partial charge on any atom is -0.480 e. The van der Waals surface area contributed by atoms with Crippen molar-refractivity contribution in [1.82, 2.24) is 14.5 Å². The van der Waals surface area contributed by atoms with E-state index in [0.29, 0.717) is 57.5 Å². The Hall–Kier alpha value is -3.43. The lowest BCUT2D eigenvalue weighted by atomic mass is 9.86. The molecule has 4 aromatic rings. The van der Waals surface area contributed by atoms with Gasteiger partial charge in [0, 0.05) is 15.6 Å². The highest BCUT2D eigenvalue weighted by Crippen LogP contribution is 2.45. The molecule has 10 heteroatoms. The molecule has 0 saturated carbocycles. The SMILES string of the molecule is CC[C@H](O)Cn1c(CN2CCC(c3cccc4c3OC(c3ccc(Cl)cc3Cl)C=C4F)CC2)nc2ccc(C(=O)O)cc21. The quantitative estimate of drug-likeness (QED) is 0.210. The lowest BCUT2D eigenvalue weighted by Gasteiger charge is -2.34. The lowest BCUT2D eigenvalue weighted by Crippen LogP contribution is -2.34. The molecule has 3 aromatic carbocycles. The summed E-state index contributed by atoms with van der Waals surface area (Å²) in [5, 5.41) is 20.9. The number of likely N-dealkylation sites (tertiary alicyclic amines) is 1. The third kappa shape index (κ3) is 6.02. The van der Waals surface area contributed by atoms with E-state index in [2.05, 4.69) is 4.90 Å². The average Bonchev–Trinajstić information content (AvgIpc) is 3.32. The molecule has 0 amide bonds. The molecular weight excluding hydrogens is 592 g/mol. The van der Waals surface area contributed by atoms with Crippen LogP contribution in [0.25, 0.3) is 16.9 Å². The van der Waals surface area contributed by atoms with Gasteiger partial charge in [0.25, 0.3) is 0 Å². The minimum absolute atomic E-state index is 0.178. The molecule has 2 atom stereocenters. The second-order valence-electron chi connectivity index (χ2n) is 11.2. The maximum absolute atomic E-state index is 15.3. The summed E-state index contributed by atoms with van der Waals surface area (Å²) in [4.78, 5) is 18.7. The molecule has 43 heavy (non-hydrogen) atoms. The fourth-order valence-corrected chi connectivity index (χ4v) is 6.55. The molecule has 2 N–H and O–H groups in total. The molecule has 0 bridgehead atoms. The van der Waals surface area contributed by atoms with Gasteiger partial charge in [0.05, 0.1) is 41.4 Å². The predicted molar refractivity (Wildman–Crippen MR) is 166 cm³/mol. The Bertz CT molecular complexity index is 1710. The van der Waals surface area contributed by atoms with Crippen molar-refractivity contribution in [2.75, 3.05) is 13.1 Å². The van der Waals surface area contributed by atoms with Crippen molar-refractivity contribution < 1.29 is 24.1 Å². The Morgan fingerprint density at radius 2 is 1.91 bits per heavy atom. The molecule has 1 unspecified atom stereocenters. The van der Waals surface area contributed by atoms with E-state index < -0.39 is 18.2 Å². The number of para-hydroxylation sites is 1. The fraction of sp³-hybridized carbons (Fsp3) is 0.333. The van der Waals surface area contributed by atoms with Crippen molar-refractivity contribution >= 4 is 46.0 Å². The van der Waals surface area contributed by atoms with Gasteiger partial charge < -0.3 is 19.5 Å². The number of aliphatic hydroxyl groups excluding tert-OH is 1. The number of carboxylic acids is 1. The van der Waals surface area contributed by atoms with E-state index in [1.165, 1.54) is 6.08 Å². The molecule has 2 aliphatic rings. The Morgan fingerprint density at radius 1 is 1.12 bits per heavy atom. The number of carboxylic acid groups (broad SMARTS) is 1. The molecule has 6 rings (SSSR count). The van der Waals surface area contributed by atoms with E-state index >= 15 is 4.39 Å². The number of aliphatic hydroxyl groups is 1. The second-order valence-corrected chi connectivity index (χ2v) is 12.0. The van der Waals surface area contributed by atoms with Gasteiger partial charge in [0.15, 0.2) is 0 Å². The Labute approximate surface area is 259 Å². The first-order chi connectivity index (χ1) is 20.7. The van der Waals surface area contributed by atoms with E-state index in [1.54, 1.807) is 42.5 Å². The zero-order valence-corrected chi connectivity index (χ0v) is 25.2. The van der Waals surface area contributed by atoms with Gasteiger partial charge in [-0.2, -0.15) is 0 Å². The van der Waals surface area contributed by atoms with Crippen LogP contribution in [0.5, 0.6) is 5.75 Å². The van der Waals surface area contributed by atoms with E-state index in [4.69, 9.17) is 32.9 Å². The molecule has 3 heterocycles. The van der Waals surface area contributed by atoms with Gasteiger partial charge in [-0.15, -0.1) is 0 Å². The molecule has 1 fully saturated rings. The summed E-state index contributed by atoms with van der Waals surface area (Å²) in [6.45, 7) is 4.40. The first-order valence-corrected chi connectivity index (χ1v) is 15.2. The van der Waals surface area contributed by atoms with Crippen LogP contribution < -0.4 is 4.74 Å². The van der Waals surface area contributed by atoms with Crippen molar-refractivity contribution in [1.29, 1.82) is 0 Å². The van der Waals surface area contributed by atoms with Gasteiger partial charge in [0.2, 0.25) is 0 Å². The Morgan fingerprint density at radius 3 is 2.63 bits per heavy atom. The summed E-state index contributed by atoms with van der Waals surface area (Å²) in [5.41, 5.74) is 3.68. The summed E-state index contributed by atoms with van der Waals surface area (Å²) in [6, 6.07) is 15.7. The van der Waals surface area contributed by atoms with Crippen molar-refractivity contribution in [3.05, 3.63) is 98.8 Å². The van der Waals surface area contributed by atoms with Crippen LogP contribution in [-0.2, 0) is 13.1 Å². The smallest absolute Gasteiger partial charge is 0.335 e. The highest BCUT2D eigenvalue weighted by molar-refractivity contribution is 6.35. The maximum atomic E-state index is 15.3. The third-order valence-corrected chi connectivity index (χ3v) is 9.01. The minimum atomic E-state index is -1.00. The summed E-state index contributed by atoms with van der Waals surface area (Å²) < 4.78 is 23.7. The van der Waals surface area contributed by atoms with E-state index in [-0.39, 0.29) is 17.3 Å². The average molecular weight is 625 g/mol. The summed E-state index contributed by atoms with van der Waals surface area (Å²) in [6.07, 6.45) is 2.49. The maximum Gasteiger partial charge on any atom is 0.335 e. The van der Waals surface area contributed by atoms with E-state index in [9.17, 15) is 15.0 Å². The van der Waals surface area contributed by atoms with Gasteiger partial charge in [-0.05, 0) is 86.3 Å². The van der Waals surface area contributed by atoms with Crippen LogP contribution in [0.2, 0.25) is 10.0 Å². The van der Waals surface area contributed by atoms with Crippen molar-refractivity contribution in [2.45, 2.75) is 57.4 Å². The van der Waals surface area contributed by atoms with Crippen molar-refractivity contribution in [3.63, 3.8) is 0 Å². The number of carbonyl (C=O) groups is 1. The Balaban J connectivity index is 1.21. The van der Waals surface area contributed by atoms with Crippen LogP contribution in [0.4, 0.5) is 4.39 Å². The molecule has 224 valence electrons. The first kappa shape index (κ1) is 29.6. The van der Waals surface area contributed by atoms with Gasteiger partial charge >= 0.3 is 5.97 Å². The topological polar surface area (TPSA) is 87.8 Å². The summed E-state index contributed by atoms with van der Waals surface area (Å²) in [7, 11) is 0. The molecular formula is C33H32Cl2FN3O4. The molecule has 1 aromatic heterocycles. The highest BCUT2D eigenvalue weighted by Gasteiger charge is 2.31. The zero-order chi connectivity index (χ0) is 30.2. The van der Waals surface area contributed by atoms with Crippen molar-refractivity contribution in [3.8, 4) is 5.75 Å². The van der Waals surface area contributed by atoms with Gasteiger partial charge in [-0.3, -0.25) is 4.90 Å². The number of imidazole rings is 1. The molecule has 1 saturated heterocycles. The standard InChI is InChI=1S/C33H32Cl2FN3O4/c1-2-22(40)17-39-29-14-20(33(41)42)6-9-28(29)37-31(39)18-38-12-10-19(11-13-38)23-4-3-5-25-27(36)16-30(43-32(23)25)24-8-7-21(34)15-26(24)35/h3-9,14-16,19,22,30,40H,2,10-13,17-18H2,1H3,(H,41,42)/t22-,30?/m0/s1. The number of hydrogen-bond acceptors (Lipinski definition) is 5. The fourth-order valence-electron chi connectivity index (χ4n) is 6.04. The molecule has 7 nitrogen and oxygen atoms in total. The van der Waals surface area contributed by atoms with Gasteiger partial charge in [-0.25, -0.2) is 14.2 Å². The number of aromatic nitrogens is 2. The lowest BCUT2D eigenvalue weighted by molar-refractivity contribution is 0.0697. The van der Waals surface area contributed by atoms with Crippen LogP contribution in [0.1, 0.15) is 71.1 Å². The number of aromatic carboxylic acids is 1. The molecule has 0 spiro atoms. The van der Waals surface area contributed by atoms with Crippen LogP contribution in [-0.4, -0.2) is 49.8 Å². The predicted octanol–water partition coefficient (Wildman–Crippen LogP) is 7.64. The monoisotopic (exact) mass is 623 g/mol. The first-order valence-electron chi connectivity index (χ1n) is 14.5. The van der Waals surface area contributed by atoms with E-state index in [1.807, 2.05) is 23.6 Å². The highest BCUT2D eigenvalue weighted by atomic mass is 35.5. The summed E-state index contributed by atoms with van der Waals surface area (Å²) >= 11 is 12.5. The van der Waals surface area contributed by atoms with Crippen LogP contribution >= 0.6 is 23.2 Å². The Kier molecular flexibility index (Phi) is 8.47.